The van der Waals surface area contributed by atoms with Crippen molar-refractivity contribution in [1.29, 1.82) is 0 Å². The first-order valence-corrected chi connectivity index (χ1v) is 15.3. The molecule has 16 nitrogen and oxygen atoms in total. The minimum absolute atomic E-state index is 0.00483. The molecule has 218 valence electrons. The average Bonchev–Trinajstić information content (AvgIpc) is 2.90. The topological polar surface area (TPSA) is 270 Å². The van der Waals surface area contributed by atoms with Crippen LogP contribution in [-0.4, -0.2) is 55.1 Å². The molecule has 0 radical (unpaired) electrons. The van der Waals surface area contributed by atoms with Crippen LogP contribution in [0.1, 0.15) is 10.4 Å². The average molecular weight is 637 g/mol. The van der Waals surface area contributed by atoms with Gasteiger partial charge in [0.1, 0.15) is 21.2 Å². The Hall–Kier alpha value is -4.66. The normalized spacial score (nSPS) is 12.8. The van der Waals surface area contributed by atoms with Crippen LogP contribution >= 0.6 is 0 Å². The van der Waals surface area contributed by atoms with Crippen LogP contribution in [0.25, 0.3) is 10.8 Å². The molecule has 0 bridgehead atoms. The van der Waals surface area contributed by atoms with E-state index >= 15 is 0 Å². The van der Waals surface area contributed by atoms with Gasteiger partial charge < -0.3 is 10.2 Å². The number of azo groups is 2. The minimum atomic E-state index is -5.03. The standard InChI is InChI=1S/C23H16N4O12S3/c28-22-18(11-20(42(37,38)39)15-2-1-3-19(21(15)22)41(34,35)36)27-26-17-9-6-13(10-16(17)23(29)30)25-24-12-4-7-14(8-5-12)40(31,32)33/h1-11,28H,(H,29,30)(H,31,32,33)(H,34,35,36)(H,37,38,39). The van der Waals surface area contributed by atoms with Crippen LogP contribution in [0.4, 0.5) is 22.7 Å². The highest BCUT2D eigenvalue weighted by Gasteiger charge is 2.25. The maximum absolute atomic E-state index is 12.0. The van der Waals surface area contributed by atoms with Gasteiger partial charge >= 0.3 is 5.97 Å². The van der Waals surface area contributed by atoms with Gasteiger partial charge in [0.2, 0.25) is 0 Å². The van der Waals surface area contributed by atoms with E-state index in [4.69, 9.17) is 4.55 Å². The number of benzene rings is 4. The molecule has 0 atom stereocenters. The summed E-state index contributed by atoms with van der Waals surface area (Å²) in [5, 5.41) is 34.3. The zero-order valence-electron chi connectivity index (χ0n) is 20.5. The fraction of sp³-hybridized carbons (Fsp3) is 0. The van der Waals surface area contributed by atoms with Crippen molar-refractivity contribution >= 4 is 69.8 Å². The highest BCUT2D eigenvalue weighted by molar-refractivity contribution is 7.86. The predicted octanol–water partition coefficient (Wildman–Crippen LogP) is 4.81. The largest absolute Gasteiger partial charge is 0.505 e. The molecular weight excluding hydrogens is 620 g/mol. The van der Waals surface area contributed by atoms with Crippen molar-refractivity contribution in [1.82, 2.24) is 0 Å². The Kier molecular flexibility index (Phi) is 7.91. The molecule has 0 fully saturated rings. The molecule has 0 aliphatic carbocycles. The number of fused-ring (bicyclic) bond motifs is 1. The SMILES string of the molecule is O=C(O)c1cc(N=Nc2ccc(S(=O)(=O)O)cc2)ccc1N=Nc1cc(S(=O)(=O)O)c2cccc(S(=O)(=O)O)c2c1O. The van der Waals surface area contributed by atoms with Crippen LogP contribution in [0, 0.1) is 0 Å². The second-order valence-corrected chi connectivity index (χ2v) is 12.4. The number of nitrogens with zero attached hydrogens (tertiary/aromatic N) is 4. The number of aromatic carboxylic acids is 1. The van der Waals surface area contributed by atoms with E-state index in [0.717, 1.165) is 42.5 Å². The predicted molar refractivity (Wildman–Crippen MR) is 143 cm³/mol. The number of phenolic OH excluding ortho intramolecular Hbond substituents is 1. The zero-order chi connectivity index (χ0) is 31.0. The number of hydrogen-bond acceptors (Lipinski definition) is 12. The van der Waals surface area contributed by atoms with E-state index < -0.39 is 73.9 Å². The summed E-state index contributed by atoms with van der Waals surface area (Å²) in [6, 6.07) is 11.7. The molecule has 42 heavy (non-hydrogen) atoms. The molecule has 5 N–H and O–H groups in total. The summed E-state index contributed by atoms with van der Waals surface area (Å²) in [6.07, 6.45) is 0. The summed E-state index contributed by atoms with van der Waals surface area (Å²) in [5.41, 5.74) is -1.33. The maximum Gasteiger partial charge on any atom is 0.338 e. The molecular formula is C23H16N4O12S3. The Morgan fingerprint density at radius 3 is 1.76 bits per heavy atom. The second kappa shape index (κ2) is 11.0. The summed E-state index contributed by atoms with van der Waals surface area (Å²) in [5.74, 6) is -2.45. The van der Waals surface area contributed by atoms with E-state index in [1.807, 2.05) is 0 Å². The van der Waals surface area contributed by atoms with Crippen LogP contribution in [0.2, 0.25) is 0 Å². The molecule has 0 unspecified atom stereocenters. The fourth-order valence-electron chi connectivity index (χ4n) is 3.64. The Morgan fingerprint density at radius 2 is 1.19 bits per heavy atom. The lowest BCUT2D eigenvalue weighted by Crippen LogP contribution is -2.03. The summed E-state index contributed by atoms with van der Waals surface area (Å²) in [6.45, 7) is 0. The monoisotopic (exact) mass is 636 g/mol. The van der Waals surface area contributed by atoms with Gasteiger partial charge in [0.25, 0.3) is 30.4 Å². The molecule has 4 rings (SSSR count). The van der Waals surface area contributed by atoms with Crippen LogP contribution < -0.4 is 0 Å². The van der Waals surface area contributed by atoms with Gasteiger partial charge in [-0.15, -0.1) is 10.2 Å². The highest BCUT2D eigenvalue weighted by atomic mass is 32.2. The van der Waals surface area contributed by atoms with Gasteiger partial charge in [-0.2, -0.15) is 35.5 Å². The number of phenols is 1. The van der Waals surface area contributed by atoms with Crippen LogP contribution in [-0.2, 0) is 30.4 Å². The third kappa shape index (κ3) is 6.46. The first kappa shape index (κ1) is 30.3. The summed E-state index contributed by atoms with van der Waals surface area (Å²) < 4.78 is 98.3. The molecule has 0 amide bonds. The first-order valence-electron chi connectivity index (χ1n) is 11.0. The van der Waals surface area contributed by atoms with Crippen molar-refractivity contribution in [3.05, 3.63) is 72.3 Å². The fourth-order valence-corrected chi connectivity index (χ4v) is 5.54. The van der Waals surface area contributed by atoms with Gasteiger partial charge in [0, 0.05) is 10.8 Å². The molecule has 0 spiro atoms. The smallest absolute Gasteiger partial charge is 0.338 e. The lowest BCUT2D eigenvalue weighted by Gasteiger charge is -2.11. The highest BCUT2D eigenvalue weighted by Crippen LogP contribution is 2.43. The van der Waals surface area contributed by atoms with E-state index in [1.165, 1.54) is 18.2 Å². The van der Waals surface area contributed by atoms with Gasteiger partial charge in [-0.3, -0.25) is 13.7 Å². The molecule has 0 aliphatic rings. The Morgan fingerprint density at radius 1 is 0.619 bits per heavy atom. The van der Waals surface area contributed by atoms with E-state index in [1.54, 1.807) is 0 Å². The second-order valence-electron chi connectivity index (χ2n) is 8.25. The number of rotatable bonds is 8. The van der Waals surface area contributed by atoms with Crippen molar-refractivity contribution < 1.29 is 53.9 Å². The van der Waals surface area contributed by atoms with Crippen molar-refractivity contribution in [2.75, 3.05) is 0 Å². The van der Waals surface area contributed by atoms with Gasteiger partial charge in [0.05, 0.1) is 21.8 Å². The first-order chi connectivity index (χ1) is 19.5. The van der Waals surface area contributed by atoms with Crippen LogP contribution in [0.5, 0.6) is 5.75 Å². The van der Waals surface area contributed by atoms with Gasteiger partial charge in [-0.1, -0.05) is 12.1 Å². The van der Waals surface area contributed by atoms with Crippen molar-refractivity contribution in [3.8, 4) is 5.75 Å². The number of aromatic hydroxyl groups is 1. The molecule has 0 aliphatic heterocycles. The number of hydrogen-bond donors (Lipinski definition) is 5. The van der Waals surface area contributed by atoms with Crippen molar-refractivity contribution in [3.63, 3.8) is 0 Å². The third-order valence-electron chi connectivity index (χ3n) is 5.49. The Balaban J connectivity index is 1.77. The zero-order valence-corrected chi connectivity index (χ0v) is 22.9. The number of carboxylic acid groups (broad SMARTS) is 1. The molecule has 4 aromatic carbocycles. The number of carbonyl (C=O) groups is 1. The van der Waals surface area contributed by atoms with E-state index in [-0.39, 0.29) is 22.0 Å². The quantitative estimate of drug-likeness (QED) is 0.129. The van der Waals surface area contributed by atoms with Crippen molar-refractivity contribution in [2.45, 2.75) is 14.7 Å². The molecule has 0 heterocycles. The van der Waals surface area contributed by atoms with E-state index in [0.29, 0.717) is 6.07 Å². The molecule has 0 saturated heterocycles. The summed E-state index contributed by atoms with van der Waals surface area (Å²) in [7, 11) is -14.4. The maximum atomic E-state index is 12.0. The third-order valence-corrected chi connectivity index (χ3v) is 8.14. The van der Waals surface area contributed by atoms with Crippen LogP contribution in [0.3, 0.4) is 0 Å². The lowest BCUT2D eigenvalue weighted by atomic mass is 10.1. The van der Waals surface area contributed by atoms with E-state index in [2.05, 4.69) is 20.5 Å². The van der Waals surface area contributed by atoms with Gasteiger partial charge in [-0.25, -0.2) is 4.79 Å². The molecule has 4 aromatic rings. The Bertz CT molecular complexity index is 2150. The molecule has 19 heteroatoms. The van der Waals surface area contributed by atoms with E-state index in [9.17, 15) is 49.4 Å². The van der Waals surface area contributed by atoms with Gasteiger partial charge in [-0.05, 0) is 54.6 Å². The van der Waals surface area contributed by atoms with Gasteiger partial charge in [0.15, 0.2) is 5.75 Å². The van der Waals surface area contributed by atoms with Crippen LogP contribution in [0.15, 0.2) is 102 Å². The minimum Gasteiger partial charge on any atom is -0.505 e. The molecule has 0 saturated carbocycles. The molecule has 0 aromatic heterocycles. The Labute approximate surface area is 236 Å². The summed E-state index contributed by atoms with van der Waals surface area (Å²) >= 11 is 0. The lowest BCUT2D eigenvalue weighted by molar-refractivity contribution is 0.0697. The summed E-state index contributed by atoms with van der Waals surface area (Å²) in [4.78, 5) is 9.71. The van der Waals surface area contributed by atoms with Crippen molar-refractivity contribution in [2.24, 2.45) is 20.5 Å². The number of carboxylic acids is 1.